The fraction of sp³-hybridized carbons (Fsp3) is 0.355. The highest BCUT2D eigenvalue weighted by Gasteiger charge is 2.50. The molecule has 0 aliphatic heterocycles. The maximum Gasteiger partial charge on any atom is 0.297 e. The van der Waals surface area contributed by atoms with Gasteiger partial charge in [-0.25, -0.2) is 0 Å². The van der Waals surface area contributed by atoms with Gasteiger partial charge < -0.3 is 14.3 Å². The zero-order chi connectivity index (χ0) is 28.5. The number of benzene rings is 3. The zero-order valence-corrected chi connectivity index (χ0v) is 25.1. The van der Waals surface area contributed by atoms with Gasteiger partial charge in [0.1, 0.15) is 6.10 Å². The molecule has 0 bridgehead atoms. The number of aliphatic hydroxyl groups excluding tert-OH is 1. The minimum atomic E-state index is -4.02. The number of hydrogen-bond donors (Lipinski definition) is 1. The Labute approximate surface area is 234 Å². The zero-order valence-electron chi connectivity index (χ0n) is 23.2. The highest BCUT2D eigenvalue weighted by atomic mass is 32.2. The van der Waals surface area contributed by atoms with Crippen LogP contribution >= 0.6 is 0 Å². The molecule has 3 aromatic carbocycles. The smallest absolute Gasteiger partial charge is 0.297 e. The summed E-state index contributed by atoms with van der Waals surface area (Å²) in [7, 11) is -6.79. The summed E-state index contributed by atoms with van der Waals surface area (Å²) in [6.07, 6.45) is 0.0300. The Morgan fingerprint density at radius 1 is 0.923 bits per heavy atom. The van der Waals surface area contributed by atoms with E-state index in [1.807, 2.05) is 43.3 Å². The third-order valence-electron chi connectivity index (χ3n) is 6.70. The summed E-state index contributed by atoms with van der Waals surface area (Å²) in [4.78, 5) is 0.0406. The summed E-state index contributed by atoms with van der Waals surface area (Å²) >= 11 is 0. The van der Waals surface area contributed by atoms with Crippen LogP contribution in [0.4, 0.5) is 0 Å². The van der Waals surface area contributed by atoms with Crippen LogP contribution in [0.2, 0.25) is 5.04 Å². The van der Waals surface area contributed by atoms with E-state index in [1.165, 1.54) is 12.1 Å². The van der Waals surface area contributed by atoms with Crippen molar-refractivity contribution in [2.75, 3.05) is 19.8 Å². The minimum absolute atomic E-state index is 0.0406. The summed E-state index contributed by atoms with van der Waals surface area (Å²) in [6, 6.07) is 27.0. The normalized spacial score (nSPS) is 14.1. The minimum Gasteiger partial charge on any atom is -0.407 e. The molecule has 0 aliphatic rings. The average molecular weight is 569 g/mol. The Morgan fingerprint density at radius 2 is 1.46 bits per heavy atom. The molecular formula is C31H40O6SSi. The van der Waals surface area contributed by atoms with E-state index in [-0.39, 0.29) is 16.5 Å². The first-order valence-electron chi connectivity index (χ1n) is 13.1. The molecule has 0 fully saturated rings. The maximum atomic E-state index is 12.6. The van der Waals surface area contributed by atoms with Crippen LogP contribution in [0.1, 0.15) is 32.8 Å². The van der Waals surface area contributed by atoms with E-state index >= 15 is 0 Å². The molecule has 8 heteroatoms. The molecule has 3 aromatic rings. The van der Waals surface area contributed by atoms with Gasteiger partial charge in [-0.1, -0.05) is 105 Å². The Morgan fingerprint density at radius 3 is 1.95 bits per heavy atom. The highest BCUT2D eigenvalue weighted by Crippen LogP contribution is 2.37. The van der Waals surface area contributed by atoms with Crippen molar-refractivity contribution in [2.24, 2.45) is 0 Å². The lowest BCUT2D eigenvalue weighted by molar-refractivity contribution is -0.0522. The van der Waals surface area contributed by atoms with E-state index < -0.39 is 37.3 Å². The molecule has 0 unspecified atom stereocenters. The summed E-state index contributed by atoms with van der Waals surface area (Å²) in [5.74, 6) is 0. The molecule has 0 amide bonds. The van der Waals surface area contributed by atoms with Gasteiger partial charge in [-0.3, -0.25) is 4.18 Å². The quantitative estimate of drug-likeness (QED) is 0.174. The van der Waals surface area contributed by atoms with Crippen LogP contribution in [0.15, 0.2) is 102 Å². The maximum absolute atomic E-state index is 12.6. The van der Waals surface area contributed by atoms with Gasteiger partial charge in [-0.05, 0) is 40.9 Å². The lowest BCUT2D eigenvalue weighted by Crippen LogP contribution is -2.66. The van der Waals surface area contributed by atoms with Crippen LogP contribution in [0, 0.1) is 6.92 Å². The molecule has 0 saturated carbocycles. The van der Waals surface area contributed by atoms with Crippen molar-refractivity contribution in [2.45, 2.75) is 56.3 Å². The largest absolute Gasteiger partial charge is 0.407 e. The van der Waals surface area contributed by atoms with Gasteiger partial charge in [-0.2, -0.15) is 8.42 Å². The molecule has 0 spiro atoms. The van der Waals surface area contributed by atoms with Crippen molar-refractivity contribution in [3.8, 4) is 0 Å². The van der Waals surface area contributed by atoms with Crippen molar-refractivity contribution in [1.29, 1.82) is 0 Å². The van der Waals surface area contributed by atoms with E-state index in [4.69, 9.17) is 13.3 Å². The van der Waals surface area contributed by atoms with Crippen molar-refractivity contribution < 1.29 is 26.9 Å². The lowest BCUT2D eigenvalue weighted by atomic mass is 10.1. The Hall–Kier alpha value is -2.59. The second kappa shape index (κ2) is 13.7. The summed E-state index contributed by atoms with van der Waals surface area (Å²) < 4.78 is 43.3. The fourth-order valence-corrected chi connectivity index (χ4v) is 10.2. The Bertz CT molecular complexity index is 1230. The molecule has 0 radical (unpaired) electrons. The van der Waals surface area contributed by atoms with E-state index in [1.54, 1.807) is 18.2 Å². The van der Waals surface area contributed by atoms with Gasteiger partial charge in [0.15, 0.2) is 0 Å². The number of aryl methyl sites for hydroxylation is 1. The predicted octanol–water partition coefficient (Wildman–Crippen LogP) is 4.60. The van der Waals surface area contributed by atoms with Gasteiger partial charge in [-0.15, -0.1) is 6.58 Å². The van der Waals surface area contributed by atoms with Crippen LogP contribution in [0.5, 0.6) is 0 Å². The van der Waals surface area contributed by atoms with E-state index in [0.29, 0.717) is 13.0 Å². The monoisotopic (exact) mass is 568 g/mol. The third kappa shape index (κ3) is 7.75. The van der Waals surface area contributed by atoms with E-state index in [2.05, 4.69) is 51.6 Å². The molecule has 0 aromatic heterocycles. The molecule has 1 N–H and O–H groups in total. The van der Waals surface area contributed by atoms with Crippen molar-refractivity contribution in [1.82, 2.24) is 0 Å². The first-order chi connectivity index (χ1) is 18.5. The highest BCUT2D eigenvalue weighted by molar-refractivity contribution is 7.86. The van der Waals surface area contributed by atoms with Crippen LogP contribution < -0.4 is 10.4 Å². The van der Waals surface area contributed by atoms with Crippen molar-refractivity contribution in [3.05, 3.63) is 103 Å². The van der Waals surface area contributed by atoms with E-state index in [0.717, 1.165) is 15.9 Å². The van der Waals surface area contributed by atoms with Gasteiger partial charge in [0.2, 0.25) is 0 Å². The first-order valence-corrected chi connectivity index (χ1v) is 16.4. The van der Waals surface area contributed by atoms with Gasteiger partial charge in [0.25, 0.3) is 18.4 Å². The topological polar surface area (TPSA) is 82.1 Å². The Kier molecular flexibility index (Phi) is 10.8. The number of hydrogen-bond acceptors (Lipinski definition) is 6. The van der Waals surface area contributed by atoms with Crippen LogP contribution in [-0.4, -0.2) is 53.9 Å². The van der Waals surface area contributed by atoms with Crippen LogP contribution in [0.25, 0.3) is 0 Å². The second-order valence-corrected chi connectivity index (χ2v) is 16.5. The molecule has 0 aliphatic carbocycles. The molecule has 0 saturated heterocycles. The van der Waals surface area contributed by atoms with Crippen LogP contribution in [-0.2, 0) is 23.5 Å². The molecule has 2 atom stereocenters. The SMILES string of the molecule is C=CCO[C@H](CCO[Si](c1ccccc1)(c1ccccc1)C(C)(C)C)[C@@H](O)COS(=O)(=O)c1ccc(C)cc1. The Balaban J connectivity index is 1.79. The second-order valence-electron chi connectivity index (χ2n) is 10.6. The summed E-state index contributed by atoms with van der Waals surface area (Å²) in [5.41, 5.74) is 0.938. The van der Waals surface area contributed by atoms with Crippen molar-refractivity contribution in [3.63, 3.8) is 0 Å². The van der Waals surface area contributed by atoms with Gasteiger partial charge >= 0.3 is 0 Å². The third-order valence-corrected chi connectivity index (χ3v) is 13.0. The number of ether oxygens (including phenoxy) is 1. The fourth-order valence-electron chi connectivity index (χ4n) is 4.71. The van der Waals surface area contributed by atoms with Gasteiger partial charge in [0, 0.05) is 6.61 Å². The molecular weight excluding hydrogens is 528 g/mol. The number of aliphatic hydroxyl groups is 1. The lowest BCUT2D eigenvalue weighted by Gasteiger charge is -2.43. The standard InChI is InChI=1S/C31H40O6SSi/c1-6-22-35-30(29(32)24-36-38(33,34)26-19-17-25(2)18-20-26)21-23-37-39(31(3,4)5,27-13-9-7-10-14-27)28-15-11-8-12-16-28/h6-20,29-30,32H,1,21-24H2,2-5H3/t29-,30+/m0/s1. The molecule has 6 nitrogen and oxygen atoms in total. The summed E-state index contributed by atoms with van der Waals surface area (Å²) in [6.45, 7) is 12.2. The van der Waals surface area contributed by atoms with Crippen molar-refractivity contribution >= 4 is 28.8 Å². The summed E-state index contributed by atoms with van der Waals surface area (Å²) in [5, 5.41) is 13.0. The predicted molar refractivity (Wildman–Crippen MR) is 158 cm³/mol. The average Bonchev–Trinajstić information content (AvgIpc) is 2.92. The van der Waals surface area contributed by atoms with Gasteiger partial charge in [0.05, 0.1) is 24.2 Å². The molecule has 210 valence electrons. The molecule has 39 heavy (non-hydrogen) atoms. The van der Waals surface area contributed by atoms with E-state index in [9.17, 15) is 13.5 Å². The number of rotatable bonds is 14. The first kappa shape index (κ1) is 30.9. The van der Waals surface area contributed by atoms with Crippen LogP contribution in [0.3, 0.4) is 0 Å². The molecule has 3 rings (SSSR count). The molecule has 0 heterocycles.